The van der Waals surface area contributed by atoms with Gasteiger partial charge < -0.3 is 15.7 Å². The summed E-state index contributed by atoms with van der Waals surface area (Å²) in [5.41, 5.74) is 2.46. The lowest BCUT2D eigenvalue weighted by Crippen LogP contribution is -2.27. The van der Waals surface area contributed by atoms with Gasteiger partial charge in [0.05, 0.1) is 35.2 Å². The zero-order valence-corrected chi connectivity index (χ0v) is 13.9. The lowest BCUT2D eigenvalue weighted by Gasteiger charge is -2.17. The first kappa shape index (κ1) is 16.7. The summed E-state index contributed by atoms with van der Waals surface area (Å²) in [6, 6.07) is 4.89. The first-order chi connectivity index (χ1) is 12.0. The van der Waals surface area contributed by atoms with Gasteiger partial charge in [0, 0.05) is 7.05 Å². The van der Waals surface area contributed by atoms with Crippen LogP contribution in [0.15, 0.2) is 36.5 Å². The maximum absolute atomic E-state index is 12.4. The van der Waals surface area contributed by atoms with Gasteiger partial charge in [0.2, 0.25) is 5.91 Å². The molecule has 130 valence electrons. The van der Waals surface area contributed by atoms with Crippen molar-refractivity contribution >= 4 is 17.7 Å². The Kier molecular flexibility index (Phi) is 4.51. The fourth-order valence-electron chi connectivity index (χ4n) is 2.77. The molecule has 0 aliphatic carbocycles. The first-order valence-corrected chi connectivity index (χ1v) is 7.92. The molecule has 0 aromatic carbocycles. The molecule has 1 aliphatic rings. The summed E-state index contributed by atoms with van der Waals surface area (Å²) in [5.74, 6) is -0.519. The van der Waals surface area contributed by atoms with E-state index in [-0.39, 0.29) is 11.8 Å². The van der Waals surface area contributed by atoms with Crippen LogP contribution in [0.25, 0.3) is 11.4 Å². The van der Waals surface area contributed by atoms with Gasteiger partial charge in [-0.15, -0.1) is 0 Å². The van der Waals surface area contributed by atoms with Crippen molar-refractivity contribution < 1.29 is 14.7 Å². The van der Waals surface area contributed by atoms with E-state index in [0.29, 0.717) is 29.2 Å². The molecule has 25 heavy (non-hydrogen) atoms. The highest BCUT2D eigenvalue weighted by Gasteiger charge is 2.21. The van der Waals surface area contributed by atoms with Crippen LogP contribution in [-0.2, 0) is 11.8 Å². The summed E-state index contributed by atoms with van der Waals surface area (Å²) < 4.78 is 1.63. The number of hydrogen-bond donors (Lipinski definition) is 3. The smallest absolute Gasteiger partial charge is 0.405 e. The van der Waals surface area contributed by atoms with Crippen LogP contribution in [0.5, 0.6) is 0 Å². The van der Waals surface area contributed by atoms with Crippen LogP contribution in [0, 0.1) is 5.92 Å². The quantitative estimate of drug-likeness (QED) is 0.690. The van der Waals surface area contributed by atoms with Crippen LogP contribution in [0.1, 0.15) is 25.1 Å². The Balaban J connectivity index is 2.13. The Morgan fingerprint density at radius 3 is 3.00 bits per heavy atom. The highest BCUT2D eigenvalue weighted by atomic mass is 16.4. The van der Waals surface area contributed by atoms with Crippen molar-refractivity contribution in [3.8, 4) is 11.4 Å². The molecular weight excluding hydrogens is 322 g/mol. The van der Waals surface area contributed by atoms with Crippen molar-refractivity contribution in [3.63, 3.8) is 0 Å². The molecule has 0 saturated carbocycles. The highest BCUT2D eigenvalue weighted by molar-refractivity contribution is 5.96. The van der Waals surface area contributed by atoms with Crippen molar-refractivity contribution in [2.24, 2.45) is 13.0 Å². The number of nitrogens with zero attached hydrogens (tertiary/aromatic N) is 3. The van der Waals surface area contributed by atoms with E-state index < -0.39 is 12.1 Å². The number of aromatic nitrogens is 3. The lowest BCUT2D eigenvalue weighted by atomic mass is 10.0. The molecule has 8 nitrogen and oxygen atoms in total. The van der Waals surface area contributed by atoms with Crippen LogP contribution in [0.4, 0.5) is 10.5 Å². The van der Waals surface area contributed by atoms with Crippen molar-refractivity contribution in [2.45, 2.75) is 19.4 Å². The van der Waals surface area contributed by atoms with Crippen molar-refractivity contribution in [1.82, 2.24) is 20.1 Å². The van der Waals surface area contributed by atoms with Gasteiger partial charge in [0.15, 0.2) is 0 Å². The maximum atomic E-state index is 12.4. The first-order valence-electron chi connectivity index (χ1n) is 7.92. The Labute approximate surface area is 144 Å². The molecule has 2 aromatic rings. The van der Waals surface area contributed by atoms with Crippen LogP contribution in [-0.4, -0.2) is 31.9 Å². The molecule has 3 rings (SSSR count). The lowest BCUT2D eigenvalue weighted by molar-refractivity contribution is -0.118. The van der Waals surface area contributed by atoms with E-state index in [4.69, 9.17) is 5.11 Å². The largest absolute Gasteiger partial charge is 0.465 e. The van der Waals surface area contributed by atoms with Gasteiger partial charge >= 0.3 is 6.09 Å². The number of aryl methyl sites for hydroxylation is 1. The normalized spacial score (nSPS) is 20.0. The van der Waals surface area contributed by atoms with Crippen molar-refractivity contribution in [1.29, 1.82) is 0 Å². The standard InChI is InChI=1S/C17H19N5O3/c1-10-5-3-6-12(21-17(24)25)11-7-4-8-13(19-11)15-14(20-16(10)23)9-18-22(15)2/h3-5,7-10,12,21H,6H2,1-2H3,(H,20,23)(H,24,25)/t10-,12+/m1/s1. The molecule has 3 heterocycles. The van der Waals surface area contributed by atoms with Crippen LogP contribution in [0.3, 0.4) is 0 Å². The Hall–Kier alpha value is -3.16. The molecule has 0 spiro atoms. The Morgan fingerprint density at radius 1 is 1.44 bits per heavy atom. The number of carboxylic acid groups (broad SMARTS) is 1. The fraction of sp³-hybridized carbons (Fsp3) is 0.294. The van der Waals surface area contributed by atoms with Crippen LogP contribution in [0.2, 0.25) is 0 Å². The van der Waals surface area contributed by atoms with Gasteiger partial charge in [-0.1, -0.05) is 25.1 Å². The van der Waals surface area contributed by atoms with Crippen molar-refractivity contribution in [3.05, 3.63) is 42.2 Å². The monoisotopic (exact) mass is 341 g/mol. The summed E-state index contributed by atoms with van der Waals surface area (Å²) in [4.78, 5) is 28.1. The minimum Gasteiger partial charge on any atom is -0.465 e. The van der Waals surface area contributed by atoms with E-state index in [1.807, 2.05) is 6.07 Å². The topological polar surface area (TPSA) is 109 Å². The van der Waals surface area contributed by atoms with E-state index in [1.165, 1.54) is 0 Å². The highest BCUT2D eigenvalue weighted by Crippen LogP contribution is 2.28. The van der Waals surface area contributed by atoms with E-state index >= 15 is 0 Å². The zero-order chi connectivity index (χ0) is 18.0. The van der Waals surface area contributed by atoms with Gasteiger partial charge in [0.1, 0.15) is 5.69 Å². The molecule has 2 aromatic heterocycles. The number of nitrogens with one attached hydrogen (secondary N) is 2. The summed E-state index contributed by atoms with van der Waals surface area (Å²) in [5, 5.41) is 18.7. The van der Waals surface area contributed by atoms with Crippen LogP contribution < -0.4 is 10.6 Å². The molecule has 0 fully saturated rings. The molecule has 1 aliphatic heterocycles. The van der Waals surface area contributed by atoms with Gasteiger partial charge in [-0.05, 0) is 18.6 Å². The van der Waals surface area contributed by atoms with Gasteiger partial charge in [-0.25, -0.2) is 9.78 Å². The van der Waals surface area contributed by atoms with Crippen molar-refractivity contribution in [2.75, 3.05) is 5.32 Å². The molecule has 8 heteroatoms. The average molecular weight is 341 g/mol. The molecular formula is C17H19N5O3. The molecule has 3 N–H and O–H groups in total. The summed E-state index contributed by atoms with van der Waals surface area (Å²) in [7, 11) is 1.77. The number of carbonyl (C=O) groups is 2. The molecule has 2 bridgehead atoms. The molecule has 0 unspecified atom stereocenters. The molecule has 0 radical (unpaired) electrons. The summed E-state index contributed by atoms with van der Waals surface area (Å²) >= 11 is 0. The number of amides is 2. The minimum absolute atomic E-state index is 0.162. The number of pyridine rings is 1. The number of hydrogen-bond acceptors (Lipinski definition) is 4. The van der Waals surface area contributed by atoms with E-state index in [0.717, 1.165) is 0 Å². The van der Waals surface area contributed by atoms with Crippen LogP contribution >= 0.6 is 0 Å². The third kappa shape index (κ3) is 3.52. The second kappa shape index (κ2) is 6.76. The minimum atomic E-state index is -1.12. The SMILES string of the molecule is C[C@@H]1C=CC[C@H](NC(=O)O)c2cccc(n2)-c2c(cnn2C)NC1=O. The fourth-order valence-corrected chi connectivity index (χ4v) is 2.77. The van der Waals surface area contributed by atoms with Gasteiger partial charge in [0.25, 0.3) is 0 Å². The van der Waals surface area contributed by atoms with Gasteiger partial charge in [-0.2, -0.15) is 5.10 Å². The average Bonchev–Trinajstić information content (AvgIpc) is 2.93. The third-order valence-electron chi connectivity index (χ3n) is 4.07. The Morgan fingerprint density at radius 2 is 2.24 bits per heavy atom. The zero-order valence-electron chi connectivity index (χ0n) is 13.9. The number of anilines is 1. The number of fused-ring (bicyclic) bond motifs is 4. The third-order valence-corrected chi connectivity index (χ3v) is 4.07. The Bertz CT molecular complexity index is 843. The summed E-state index contributed by atoms with van der Waals surface area (Å²) in [6.45, 7) is 1.78. The van der Waals surface area contributed by atoms with E-state index in [2.05, 4.69) is 20.7 Å². The van der Waals surface area contributed by atoms with E-state index in [1.54, 1.807) is 49.1 Å². The molecule has 2 amide bonds. The molecule has 0 saturated heterocycles. The number of carbonyl (C=O) groups excluding carboxylic acids is 1. The van der Waals surface area contributed by atoms with E-state index in [9.17, 15) is 9.59 Å². The number of rotatable bonds is 1. The second-order valence-electron chi connectivity index (χ2n) is 5.92. The predicted molar refractivity (Wildman–Crippen MR) is 91.9 cm³/mol. The summed E-state index contributed by atoms with van der Waals surface area (Å²) in [6.07, 6.45) is 4.41. The second-order valence-corrected chi connectivity index (χ2v) is 5.92. The van der Waals surface area contributed by atoms with Gasteiger partial charge in [-0.3, -0.25) is 9.48 Å². The predicted octanol–water partition coefficient (Wildman–Crippen LogP) is 2.33. The molecule has 2 atom stereocenters. The maximum Gasteiger partial charge on any atom is 0.405 e.